The summed E-state index contributed by atoms with van der Waals surface area (Å²) < 4.78 is 5.60. The van der Waals surface area contributed by atoms with Crippen LogP contribution in [0.4, 0.5) is 0 Å². The summed E-state index contributed by atoms with van der Waals surface area (Å²) in [6.45, 7) is 1.32. The molecule has 3 N–H and O–H groups in total. The Hall–Kier alpha value is -2.07. The van der Waals surface area contributed by atoms with Gasteiger partial charge in [0.2, 0.25) is 5.91 Å². The maximum absolute atomic E-state index is 11.2. The largest absolute Gasteiger partial charge is 0.492 e. The third-order valence-corrected chi connectivity index (χ3v) is 2.79. The molecule has 1 amide bonds. The number of fused-ring (bicyclic) bond motifs is 1. The molecule has 0 saturated carbocycles. The molecular weight excluding hydrogens is 240 g/mol. The van der Waals surface area contributed by atoms with Crippen LogP contribution in [-0.2, 0) is 4.79 Å². The highest BCUT2D eigenvalue weighted by Crippen LogP contribution is 2.20. The van der Waals surface area contributed by atoms with E-state index in [-0.39, 0.29) is 5.91 Å². The fraction of sp³-hybridized carbons (Fsp3) is 0.267. The number of amides is 1. The van der Waals surface area contributed by atoms with Crippen molar-refractivity contribution in [2.75, 3.05) is 19.7 Å². The first kappa shape index (κ1) is 13.4. The van der Waals surface area contributed by atoms with E-state index < -0.39 is 0 Å². The normalized spacial score (nSPS) is 10.4. The summed E-state index contributed by atoms with van der Waals surface area (Å²) in [7, 11) is 0. The first-order valence-corrected chi connectivity index (χ1v) is 6.38. The van der Waals surface area contributed by atoms with Crippen molar-refractivity contribution in [1.82, 2.24) is 5.32 Å². The van der Waals surface area contributed by atoms with Gasteiger partial charge in [-0.3, -0.25) is 4.79 Å². The molecule has 0 aromatic heterocycles. The standard InChI is InChI=1S/C15H18N2O2/c16-8-7-15(18)17-9-10-19-14-6-5-12-3-1-2-4-13(12)11-14/h1-6,11H,7-10,16H2,(H,17,18). The molecule has 19 heavy (non-hydrogen) atoms. The Bertz CT molecular complexity index is 555. The van der Waals surface area contributed by atoms with Gasteiger partial charge in [-0.15, -0.1) is 0 Å². The van der Waals surface area contributed by atoms with Gasteiger partial charge in [-0.05, 0) is 22.9 Å². The van der Waals surface area contributed by atoms with Crippen LogP contribution in [0.5, 0.6) is 5.75 Å². The lowest BCUT2D eigenvalue weighted by Crippen LogP contribution is -2.29. The van der Waals surface area contributed by atoms with Crippen LogP contribution in [0.25, 0.3) is 10.8 Å². The number of ether oxygens (including phenoxy) is 1. The van der Waals surface area contributed by atoms with E-state index >= 15 is 0 Å². The molecule has 0 unspecified atom stereocenters. The summed E-state index contributed by atoms with van der Waals surface area (Å²) >= 11 is 0. The Morgan fingerprint density at radius 2 is 1.95 bits per heavy atom. The molecule has 0 aliphatic heterocycles. The zero-order chi connectivity index (χ0) is 13.5. The van der Waals surface area contributed by atoms with Gasteiger partial charge in [0.15, 0.2) is 0 Å². The molecule has 2 aromatic rings. The lowest BCUT2D eigenvalue weighted by Gasteiger charge is -2.08. The highest BCUT2D eigenvalue weighted by Gasteiger charge is 1.99. The fourth-order valence-electron chi connectivity index (χ4n) is 1.84. The minimum Gasteiger partial charge on any atom is -0.492 e. The Kier molecular flexibility index (Phi) is 4.75. The van der Waals surface area contributed by atoms with Crippen LogP contribution in [-0.4, -0.2) is 25.6 Å². The molecule has 2 aromatic carbocycles. The van der Waals surface area contributed by atoms with Crippen LogP contribution in [0.3, 0.4) is 0 Å². The van der Waals surface area contributed by atoms with Crippen LogP contribution < -0.4 is 15.8 Å². The molecule has 0 heterocycles. The average molecular weight is 258 g/mol. The molecule has 100 valence electrons. The van der Waals surface area contributed by atoms with Crippen LogP contribution in [0.1, 0.15) is 6.42 Å². The SMILES string of the molecule is NCCC(=O)NCCOc1ccc2ccccc2c1. The van der Waals surface area contributed by atoms with Crippen LogP contribution >= 0.6 is 0 Å². The second-order valence-corrected chi connectivity index (χ2v) is 4.25. The molecule has 0 fully saturated rings. The first-order valence-electron chi connectivity index (χ1n) is 6.38. The first-order chi connectivity index (χ1) is 9.29. The third-order valence-electron chi connectivity index (χ3n) is 2.79. The van der Waals surface area contributed by atoms with Crippen LogP contribution in [0.2, 0.25) is 0 Å². The zero-order valence-corrected chi connectivity index (χ0v) is 10.8. The van der Waals surface area contributed by atoms with Crippen molar-refractivity contribution >= 4 is 16.7 Å². The van der Waals surface area contributed by atoms with Crippen molar-refractivity contribution in [3.8, 4) is 5.75 Å². The summed E-state index contributed by atoms with van der Waals surface area (Å²) in [5.41, 5.74) is 5.29. The predicted molar refractivity (Wildman–Crippen MR) is 76.1 cm³/mol. The molecule has 0 spiro atoms. The molecule has 0 saturated heterocycles. The van der Waals surface area contributed by atoms with E-state index in [1.807, 2.05) is 36.4 Å². The Labute approximate surface area is 112 Å². The quantitative estimate of drug-likeness (QED) is 0.775. The lowest BCUT2D eigenvalue weighted by atomic mass is 10.1. The van der Waals surface area contributed by atoms with Gasteiger partial charge >= 0.3 is 0 Å². The molecule has 0 radical (unpaired) electrons. The molecule has 4 nitrogen and oxygen atoms in total. The number of carbonyl (C=O) groups excluding carboxylic acids is 1. The Morgan fingerprint density at radius 1 is 1.16 bits per heavy atom. The summed E-state index contributed by atoms with van der Waals surface area (Å²) in [5.74, 6) is 0.774. The highest BCUT2D eigenvalue weighted by atomic mass is 16.5. The van der Waals surface area contributed by atoms with Crippen molar-refractivity contribution in [1.29, 1.82) is 0 Å². The van der Waals surface area contributed by atoms with E-state index in [4.69, 9.17) is 10.5 Å². The van der Waals surface area contributed by atoms with Gasteiger partial charge in [-0.25, -0.2) is 0 Å². The van der Waals surface area contributed by atoms with E-state index in [0.29, 0.717) is 26.1 Å². The molecular formula is C15H18N2O2. The minimum atomic E-state index is -0.0374. The molecule has 0 atom stereocenters. The maximum atomic E-state index is 11.2. The topological polar surface area (TPSA) is 64.4 Å². The zero-order valence-electron chi connectivity index (χ0n) is 10.8. The summed E-state index contributed by atoms with van der Waals surface area (Å²) in [6.07, 6.45) is 0.357. The number of rotatable bonds is 6. The second-order valence-electron chi connectivity index (χ2n) is 4.25. The van der Waals surface area contributed by atoms with Gasteiger partial charge < -0.3 is 15.8 Å². The Morgan fingerprint density at radius 3 is 2.74 bits per heavy atom. The fourth-order valence-corrected chi connectivity index (χ4v) is 1.84. The van der Waals surface area contributed by atoms with Crippen molar-refractivity contribution in [3.63, 3.8) is 0 Å². The monoisotopic (exact) mass is 258 g/mol. The highest BCUT2D eigenvalue weighted by molar-refractivity contribution is 5.83. The van der Waals surface area contributed by atoms with E-state index in [1.54, 1.807) is 0 Å². The van der Waals surface area contributed by atoms with Crippen LogP contribution in [0, 0.1) is 0 Å². The summed E-state index contributed by atoms with van der Waals surface area (Å²) in [4.78, 5) is 11.2. The average Bonchev–Trinajstić information content (AvgIpc) is 2.44. The molecule has 2 rings (SSSR count). The smallest absolute Gasteiger partial charge is 0.221 e. The lowest BCUT2D eigenvalue weighted by molar-refractivity contribution is -0.120. The molecule has 0 aliphatic rings. The van der Waals surface area contributed by atoms with Gasteiger partial charge in [0.05, 0.1) is 6.54 Å². The van der Waals surface area contributed by atoms with Gasteiger partial charge in [-0.2, -0.15) is 0 Å². The predicted octanol–water partition coefficient (Wildman–Crippen LogP) is 1.68. The molecule has 0 aliphatic carbocycles. The number of hydrogen-bond acceptors (Lipinski definition) is 3. The second kappa shape index (κ2) is 6.75. The van der Waals surface area contributed by atoms with E-state index in [0.717, 1.165) is 11.1 Å². The number of hydrogen-bond donors (Lipinski definition) is 2. The van der Waals surface area contributed by atoms with E-state index in [1.165, 1.54) is 5.39 Å². The summed E-state index contributed by atoms with van der Waals surface area (Å²) in [6, 6.07) is 14.1. The van der Waals surface area contributed by atoms with Crippen LogP contribution in [0.15, 0.2) is 42.5 Å². The number of carbonyl (C=O) groups is 1. The van der Waals surface area contributed by atoms with E-state index in [2.05, 4.69) is 11.4 Å². The molecule has 4 heteroatoms. The number of benzene rings is 2. The van der Waals surface area contributed by atoms with Crippen molar-refractivity contribution in [2.45, 2.75) is 6.42 Å². The molecule has 0 bridgehead atoms. The van der Waals surface area contributed by atoms with Gasteiger partial charge in [0.1, 0.15) is 12.4 Å². The van der Waals surface area contributed by atoms with Gasteiger partial charge in [-0.1, -0.05) is 30.3 Å². The Balaban J connectivity index is 1.83. The third kappa shape index (κ3) is 3.96. The van der Waals surface area contributed by atoms with Gasteiger partial charge in [0, 0.05) is 13.0 Å². The van der Waals surface area contributed by atoms with Crippen molar-refractivity contribution in [3.05, 3.63) is 42.5 Å². The van der Waals surface area contributed by atoms with Gasteiger partial charge in [0.25, 0.3) is 0 Å². The number of nitrogens with one attached hydrogen (secondary N) is 1. The minimum absolute atomic E-state index is 0.0374. The number of nitrogens with two attached hydrogens (primary N) is 1. The van der Waals surface area contributed by atoms with Crippen molar-refractivity contribution < 1.29 is 9.53 Å². The summed E-state index contributed by atoms with van der Waals surface area (Å²) in [5, 5.41) is 5.08. The van der Waals surface area contributed by atoms with Crippen molar-refractivity contribution in [2.24, 2.45) is 5.73 Å². The maximum Gasteiger partial charge on any atom is 0.221 e. The van der Waals surface area contributed by atoms with E-state index in [9.17, 15) is 4.79 Å².